The number of benzene rings is 1. The average Bonchev–Trinajstić information content (AvgIpc) is 3.75. The van der Waals surface area contributed by atoms with Crippen LogP contribution < -0.4 is 9.47 Å². The number of aliphatic hydroxyl groups is 1. The predicted molar refractivity (Wildman–Crippen MR) is 174 cm³/mol. The van der Waals surface area contributed by atoms with Gasteiger partial charge in [-0.1, -0.05) is 32.9 Å². The van der Waals surface area contributed by atoms with Gasteiger partial charge in [0.2, 0.25) is 0 Å². The highest BCUT2D eigenvalue weighted by Gasteiger charge is 2.75. The molecule has 1 spiro atoms. The topological polar surface area (TPSA) is 95.9 Å². The number of ether oxygens (including phenoxy) is 6. The number of esters is 1. The molecule has 9 nitrogen and oxygen atoms in total. The van der Waals surface area contributed by atoms with Crippen LogP contribution in [0.1, 0.15) is 70.9 Å². The lowest BCUT2D eigenvalue weighted by Gasteiger charge is -2.69. The second-order valence-electron chi connectivity index (χ2n) is 15.5. The number of piperidine rings is 1. The molecule has 0 amide bonds. The maximum Gasteiger partial charge on any atom is 0.337 e. The second kappa shape index (κ2) is 12.8. The minimum absolute atomic E-state index is 0.180. The fourth-order valence-corrected chi connectivity index (χ4v) is 9.46. The van der Waals surface area contributed by atoms with E-state index in [9.17, 15) is 9.90 Å². The number of allylic oxidation sites excluding steroid dienone is 1. The van der Waals surface area contributed by atoms with Crippen LogP contribution in [0, 0.1) is 22.7 Å². The first kappa shape index (κ1) is 33.9. The fourth-order valence-electron chi connectivity index (χ4n) is 9.46. The number of rotatable bonds is 15. The van der Waals surface area contributed by atoms with Gasteiger partial charge in [-0.15, -0.1) is 6.58 Å². The van der Waals surface area contributed by atoms with E-state index in [-0.39, 0.29) is 48.2 Å². The summed E-state index contributed by atoms with van der Waals surface area (Å²) < 4.78 is 35.4. The van der Waals surface area contributed by atoms with Crippen LogP contribution in [0.3, 0.4) is 0 Å². The van der Waals surface area contributed by atoms with Crippen molar-refractivity contribution in [2.45, 2.75) is 95.5 Å². The normalized spacial score (nSPS) is 32.8. The van der Waals surface area contributed by atoms with E-state index in [1.165, 1.54) is 24.0 Å². The third-order valence-electron chi connectivity index (χ3n) is 12.3. The lowest BCUT2D eigenvalue weighted by Crippen LogP contribution is -2.76. The summed E-state index contributed by atoms with van der Waals surface area (Å²) in [6.45, 7) is 16.2. The van der Waals surface area contributed by atoms with Crippen molar-refractivity contribution in [2.24, 2.45) is 22.7 Å². The molecule has 2 heterocycles. The van der Waals surface area contributed by atoms with E-state index in [4.69, 9.17) is 28.4 Å². The van der Waals surface area contributed by atoms with Crippen molar-refractivity contribution in [1.29, 1.82) is 0 Å². The Balaban J connectivity index is 1.38. The van der Waals surface area contributed by atoms with Crippen LogP contribution in [-0.4, -0.2) is 100 Å². The molecule has 0 aromatic heterocycles. The monoisotopic (exact) mass is 641 g/mol. The van der Waals surface area contributed by atoms with Gasteiger partial charge in [-0.25, -0.2) is 4.79 Å². The maximum atomic E-state index is 13.0. The molecule has 0 radical (unpaired) electrons. The number of hydrogen-bond donors (Lipinski definition) is 1. The zero-order valence-electron chi connectivity index (χ0n) is 28.8. The lowest BCUT2D eigenvalue weighted by molar-refractivity contribution is -0.235. The van der Waals surface area contributed by atoms with Gasteiger partial charge in [0.1, 0.15) is 18.8 Å². The average molecular weight is 642 g/mol. The van der Waals surface area contributed by atoms with Crippen molar-refractivity contribution in [3.8, 4) is 11.5 Å². The Labute approximate surface area is 274 Å². The maximum absolute atomic E-state index is 13.0. The number of likely N-dealkylation sites (tertiary alicyclic amines) is 1. The molecular formula is C37H55NO8. The molecule has 2 bridgehead atoms. The van der Waals surface area contributed by atoms with Crippen LogP contribution in [-0.2, 0) is 35.6 Å². The third-order valence-corrected chi connectivity index (χ3v) is 12.3. The van der Waals surface area contributed by atoms with Gasteiger partial charge in [0, 0.05) is 49.1 Å². The Kier molecular flexibility index (Phi) is 9.42. The Morgan fingerprint density at radius 1 is 1.13 bits per heavy atom. The molecule has 1 aromatic rings. The van der Waals surface area contributed by atoms with Crippen LogP contribution in [0.15, 0.2) is 24.8 Å². The van der Waals surface area contributed by atoms with E-state index in [0.717, 1.165) is 44.7 Å². The van der Waals surface area contributed by atoms with Gasteiger partial charge in [-0.3, -0.25) is 4.90 Å². The molecule has 7 atom stereocenters. The molecule has 5 aliphatic rings. The molecule has 6 rings (SSSR count). The number of nitrogens with zero attached hydrogens (tertiary/aromatic N) is 1. The molecule has 3 fully saturated rings. The standard InChI is InChI=1S/C37H55NO8/c1-8-13-36-21-26(35(5,40)34(2,3)4)31(42-7)33-37(36)14-15-38(22-24-9-10-24)28(36)20-25-11-12-27(32(46-33)30(25)37)45-29(39)23-44-19-18-43-17-16-41-6/h8,11-12,24,26,28,31,33,40H,1,9-10,13-23H2,2-7H3/t26-,28+,31+,33-,35-,36+,37-/m0/s1. The van der Waals surface area contributed by atoms with E-state index in [0.29, 0.717) is 31.3 Å². The minimum Gasteiger partial charge on any atom is -0.482 e. The molecule has 1 aromatic carbocycles. The van der Waals surface area contributed by atoms with Crippen molar-refractivity contribution in [1.82, 2.24) is 4.90 Å². The van der Waals surface area contributed by atoms with Crippen LogP contribution >= 0.6 is 0 Å². The first-order valence-electron chi connectivity index (χ1n) is 17.2. The number of hydrogen-bond acceptors (Lipinski definition) is 9. The smallest absolute Gasteiger partial charge is 0.337 e. The summed E-state index contributed by atoms with van der Waals surface area (Å²) in [4.78, 5) is 15.8. The van der Waals surface area contributed by atoms with Gasteiger partial charge in [0.25, 0.3) is 0 Å². The second-order valence-corrected chi connectivity index (χ2v) is 15.5. The zero-order chi connectivity index (χ0) is 32.9. The van der Waals surface area contributed by atoms with E-state index in [2.05, 4.69) is 44.4 Å². The fraction of sp³-hybridized carbons (Fsp3) is 0.757. The summed E-state index contributed by atoms with van der Waals surface area (Å²) in [7, 11) is 3.37. The molecule has 0 unspecified atom stereocenters. The van der Waals surface area contributed by atoms with Crippen molar-refractivity contribution < 1.29 is 38.3 Å². The molecule has 9 heteroatoms. The van der Waals surface area contributed by atoms with E-state index in [1.54, 1.807) is 14.2 Å². The van der Waals surface area contributed by atoms with Crippen molar-refractivity contribution in [3.63, 3.8) is 0 Å². The van der Waals surface area contributed by atoms with Gasteiger partial charge >= 0.3 is 5.97 Å². The quantitative estimate of drug-likeness (QED) is 0.127. The Hall–Kier alpha value is -2.01. The largest absolute Gasteiger partial charge is 0.482 e. The molecule has 2 saturated carbocycles. The van der Waals surface area contributed by atoms with Gasteiger partial charge < -0.3 is 33.5 Å². The Morgan fingerprint density at radius 2 is 1.87 bits per heavy atom. The lowest BCUT2D eigenvalue weighted by atomic mass is 9.39. The predicted octanol–water partition coefficient (Wildman–Crippen LogP) is 4.71. The minimum atomic E-state index is -1.03. The number of carbonyl (C=O) groups is 1. The summed E-state index contributed by atoms with van der Waals surface area (Å²) >= 11 is 0. The van der Waals surface area contributed by atoms with E-state index < -0.39 is 17.0 Å². The summed E-state index contributed by atoms with van der Waals surface area (Å²) in [6.07, 6.45) is 7.43. The van der Waals surface area contributed by atoms with Crippen LogP contribution in [0.2, 0.25) is 0 Å². The SMILES string of the molecule is C=CC[C@]12C[C@H]([C@](C)(O)C(C)(C)C)[C@@H](OC)[C@@H]3Oc4c(OC(=O)COCCOCCOC)ccc5c4[C@@]31CCN(CC1CC1)[C@@H]2C5. The molecular weight excluding hydrogens is 586 g/mol. The number of carbonyl (C=O) groups excluding carboxylic acids is 1. The highest BCUT2D eigenvalue weighted by Crippen LogP contribution is 2.72. The van der Waals surface area contributed by atoms with Crippen LogP contribution in [0.25, 0.3) is 0 Å². The van der Waals surface area contributed by atoms with Crippen molar-refractivity contribution in [3.05, 3.63) is 35.9 Å². The van der Waals surface area contributed by atoms with Gasteiger partial charge in [-0.05, 0) is 75.0 Å². The molecule has 256 valence electrons. The van der Waals surface area contributed by atoms with E-state index >= 15 is 0 Å². The summed E-state index contributed by atoms with van der Waals surface area (Å²) in [5, 5.41) is 12.4. The summed E-state index contributed by atoms with van der Waals surface area (Å²) in [6, 6.07) is 4.32. The molecule has 1 saturated heterocycles. The Bertz CT molecular complexity index is 1290. The van der Waals surface area contributed by atoms with Crippen LogP contribution in [0.5, 0.6) is 11.5 Å². The molecule has 1 N–H and O–H groups in total. The zero-order valence-corrected chi connectivity index (χ0v) is 28.8. The highest BCUT2D eigenvalue weighted by molar-refractivity contribution is 5.76. The summed E-state index contributed by atoms with van der Waals surface area (Å²) in [5.41, 5.74) is 0.431. The Morgan fingerprint density at radius 3 is 2.54 bits per heavy atom. The third kappa shape index (κ3) is 5.43. The van der Waals surface area contributed by atoms with Gasteiger partial charge in [-0.2, -0.15) is 0 Å². The van der Waals surface area contributed by atoms with E-state index in [1.807, 2.05) is 13.0 Å². The van der Waals surface area contributed by atoms with Crippen molar-refractivity contribution >= 4 is 5.97 Å². The van der Waals surface area contributed by atoms with Gasteiger partial charge in [0.15, 0.2) is 11.5 Å². The molecule has 2 aliphatic heterocycles. The van der Waals surface area contributed by atoms with Crippen molar-refractivity contribution in [2.75, 3.05) is 60.3 Å². The first-order valence-corrected chi connectivity index (χ1v) is 17.2. The first-order chi connectivity index (χ1) is 21.9. The molecule has 3 aliphatic carbocycles. The number of methoxy groups -OCH3 is 2. The highest BCUT2D eigenvalue weighted by atomic mass is 16.6. The summed E-state index contributed by atoms with van der Waals surface area (Å²) in [5.74, 6) is 1.19. The van der Waals surface area contributed by atoms with Gasteiger partial charge in [0.05, 0.1) is 32.0 Å². The van der Waals surface area contributed by atoms with Crippen LogP contribution in [0.4, 0.5) is 0 Å². The molecule has 46 heavy (non-hydrogen) atoms.